The van der Waals surface area contributed by atoms with Gasteiger partial charge in [-0.25, -0.2) is 0 Å². The summed E-state index contributed by atoms with van der Waals surface area (Å²) in [5.74, 6) is 0.125. The number of carbonyl (C=O) groups excluding carboxylic acids is 1. The Kier molecular flexibility index (Phi) is 9.06. The van der Waals surface area contributed by atoms with E-state index in [1.54, 1.807) is 38.2 Å². The van der Waals surface area contributed by atoms with Gasteiger partial charge in [0.1, 0.15) is 0 Å². The Morgan fingerprint density at radius 1 is 1.25 bits per heavy atom. The molecular weight excluding hydrogens is 254 g/mol. The van der Waals surface area contributed by atoms with Crippen LogP contribution in [0.4, 0.5) is 0 Å². The Morgan fingerprint density at radius 3 is 2.35 bits per heavy atom. The van der Waals surface area contributed by atoms with Gasteiger partial charge in [-0.3, -0.25) is 9.79 Å². The predicted molar refractivity (Wildman–Crippen MR) is 81.0 cm³/mol. The zero-order valence-electron chi connectivity index (χ0n) is 12.3. The van der Waals surface area contributed by atoms with Crippen LogP contribution in [0.25, 0.3) is 4.95 Å². The number of benzene rings is 1. The van der Waals surface area contributed by atoms with E-state index >= 15 is 0 Å². The second-order valence-electron chi connectivity index (χ2n) is 3.50. The molecule has 3 N–H and O–H groups in total. The van der Waals surface area contributed by atoms with Crippen molar-refractivity contribution in [1.29, 1.82) is 0 Å². The van der Waals surface area contributed by atoms with Crippen molar-refractivity contribution in [3.63, 3.8) is 0 Å². The number of guanidine groups is 1. The van der Waals surface area contributed by atoms with E-state index in [0.717, 1.165) is 0 Å². The summed E-state index contributed by atoms with van der Waals surface area (Å²) in [6, 6.07) is 8.90. The molecule has 0 aliphatic carbocycles. The van der Waals surface area contributed by atoms with E-state index in [9.17, 15) is 4.79 Å². The first-order chi connectivity index (χ1) is 9.67. The maximum absolute atomic E-state index is 11.8. The molecule has 0 aliphatic rings. The lowest BCUT2D eigenvalue weighted by atomic mass is 10.2. The lowest BCUT2D eigenvalue weighted by molar-refractivity contribution is 0.0937. The third-order valence-electron chi connectivity index (χ3n) is 2.12. The second-order valence-corrected chi connectivity index (χ2v) is 3.50. The number of hydrogen-bond acceptors (Lipinski definition) is 2. The molecule has 20 heavy (non-hydrogen) atoms. The third kappa shape index (κ3) is 6.40. The zero-order chi connectivity index (χ0) is 15.4. The van der Waals surface area contributed by atoms with E-state index < -0.39 is 0 Å². The van der Waals surface area contributed by atoms with Gasteiger partial charge in [0.2, 0.25) is 0 Å². The van der Waals surface area contributed by atoms with Crippen molar-refractivity contribution in [2.24, 2.45) is 4.99 Å². The highest BCUT2D eigenvalue weighted by Crippen LogP contribution is 1.98. The maximum Gasteiger partial charge on any atom is 0.263 e. The van der Waals surface area contributed by atoms with E-state index in [4.69, 9.17) is 6.57 Å². The number of hydrogen-bond donors (Lipinski definition) is 3. The molecule has 0 spiro atoms. The highest BCUT2D eigenvalue weighted by Gasteiger charge is 2.10. The number of aliphatic imine (C=N–C) groups is 1. The third-order valence-corrected chi connectivity index (χ3v) is 2.12. The molecule has 108 valence electrons. The number of carbonyl (C=O) groups is 1. The van der Waals surface area contributed by atoms with Gasteiger partial charge in [-0.1, -0.05) is 37.5 Å². The first-order valence-corrected chi connectivity index (χ1v) is 6.39. The van der Waals surface area contributed by atoms with Crippen LogP contribution < -0.4 is 16.1 Å². The maximum atomic E-state index is 11.8. The monoisotopic (exact) mass is 275 g/mol. The van der Waals surface area contributed by atoms with Gasteiger partial charge in [0.15, 0.2) is 0 Å². The van der Waals surface area contributed by atoms with Crippen molar-refractivity contribution >= 4 is 11.9 Å². The highest BCUT2D eigenvalue weighted by atomic mass is 16.1. The van der Waals surface area contributed by atoms with Crippen molar-refractivity contribution < 1.29 is 4.79 Å². The Bertz CT molecular complexity index is 464. The summed E-state index contributed by atoms with van der Waals surface area (Å²) < 4.78 is 0. The molecule has 0 heterocycles. The number of nitrogens with one attached hydrogen (secondary N) is 3. The standard InChI is InChI=1S/C12H15N5O.C2H6/c1-9(16-12(13-2)17-14-3)15-11(18)10-7-5-4-6-8-10;1-2/h4-9H,1-2H3,(H,15,18)(H2,13,16,17);1-2H3. The topological polar surface area (TPSA) is 69.9 Å². The van der Waals surface area contributed by atoms with Gasteiger partial charge in [0.25, 0.3) is 11.9 Å². The summed E-state index contributed by atoms with van der Waals surface area (Å²) >= 11 is 0. The van der Waals surface area contributed by atoms with Crippen LogP contribution in [0, 0.1) is 6.57 Å². The van der Waals surface area contributed by atoms with Crippen LogP contribution in [-0.2, 0) is 0 Å². The van der Waals surface area contributed by atoms with Gasteiger partial charge >= 0.3 is 0 Å². The molecule has 1 atom stereocenters. The molecule has 0 aliphatic heterocycles. The van der Waals surface area contributed by atoms with Crippen molar-refractivity contribution in [3.05, 3.63) is 47.4 Å². The van der Waals surface area contributed by atoms with Gasteiger partial charge in [0.05, 0.1) is 6.17 Å². The molecule has 0 radical (unpaired) electrons. The van der Waals surface area contributed by atoms with Crippen molar-refractivity contribution in [2.75, 3.05) is 7.05 Å². The van der Waals surface area contributed by atoms with E-state index in [1.807, 2.05) is 19.9 Å². The van der Waals surface area contributed by atoms with Gasteiger partial charge in [-0.05, 0) is 19.1 Å². The molecule has 0 aromatic heterocycles. The lowest BCUT2D eigenvalue weighted by Gasteiger charge is -2.15. The van der Waals surface area contributed by atoms with Gasteiger partial charge < -0.3 is 10.6 Å². The molecule has 1 amide bonds. The van der Waals surface area contributed by atoms with E-state index in [-0.39, 0.29) is 12.1 Å². The van der Waals surface area contributed by atoms with Gasteiger partial charge in [-0.15, -0.1) is 0 Å². The largest absolute Gasteiger partial charge is 0.332 e. The summed E-state index contributed by atoms with van der Waals surface area (Å²) in [5.41, 5.74) is 2.94. The average Bonchev–Trinajstić information content (AvgIpc) is 2.49. The summed E-state index contributed by atoms with van der Waals surface area (Å²) in [5, 5.41) is 5.61. The molecule has 0 bridgehead atoms. The van der Waals surface area contributed by atoms with Crippen LogP contribution >= 0.6 is 0 Å². The molecule has 1 aromatic carbocycles. The van der Waals surface area contributed by atoms with E-state index in [1.165, 1.54) is 0 Å². The summed E-state index contributed by atoms with van der Waals surface area (Å²) in [7, 11) is 1.55. The fraction of sp³-hybridized carbons (Fsp3) is 0.357. The first kappa shape index (κ1) is 17.4. The van der Waals surface area contributed by atoms with Crippen LogP contribution in [0.5, 0.6) is 0 Å². The first-order valence-electron chi connectivity index (χ1n) is 6.39. The summed E-state index contributed by atoms with van der Waals surface area (Å²) in [6.07, 6.45) is -0.342. The lowest BCUT2D eigenvalue weighted by Crippen LogP contribution is -2.49. The van der Waals surface area contributed by atoms with E-state index in [0.29, 0.717) is 11.5 Å². The highest BCUT2D eigenvalue weighted by molar-refractivity contribution is 5.94. The zero-order valence-corrected chi connectivity index (χ0v) is 12.3. The van der Waals surface area contributed by atoms with Crippen molar-refractivity contribution in [2.45, 2.75) is 26.9 Å². The summed E-state index contributed by atoms with van der Waals surface area (Å²) in [4.78, 5) is 18.6. The summed E-state index contributed by atoms with van der Waals surface area (Å²) in [6.45, 7) is 12.4. The second kappa shape index (κ2) is 10.4. The van der Waals surface area contributed by atoms with Crippen molar-refractivity contribution in [3.8, 4) is 0 Å². The minimum absolute atomic E-state index is 0.186. The minimum atomic E-state index is -0.342. The SMILES string of the molecule is CC.[C-]#[N+]NC(=NC)NC(C)NC(=O)c1ccccc1. The van der Waals surface area contributed by atoms with E-state index in [2.05, 4.69) is 26.0 Å². The van der Waals surface area contributed by atoms with Gasteiger partial charge in [-0.2, -0.15) is 11.5 Å². The number of amides is 1. The predicted octanol–water partition coefficient (Wildman–Crippen LogP) is 1.79. The Labute approximate surface area is 120 Å². The Balaban J connectivity index is 0.00000172. The molecule has 0 saturated heterocycles. The van der Waals surface area contributed by atoms with Crippen molar-refractivity contribution in [1.82, 2.24) is 16.1 Å². The fourth-order valence-electron chi connectivity index (χ4n) is 1.31. The Morgan fingerprint density at radius 2 is 1.85 bits per heavy atom. The quantitative estimate of drug-likeness (QED) is 0.259. The van der Waals surface area contributed by atoms with Crippen LogP contribution in [0.2, 0.25) is 0 Å². The van der Waals surface area contributed by atoms with Crippen LogP contribution in [0.15, 0.2) is 35.3 Å². The number of nitrogens with zero attached hydrogens (tertiary/aromatic N) is 2. The molecule has 0 saturated carbocycles. The van der Waals surface area contributed by atoms with Crippen LogP contribution in [0.1, 0.15) is 31.1 Å². The molecular formula is C14H21N5O. The molecule has 1 unspecified atom stereocenters. The van der Waals surface area contributed by atoms with Crippen LogP contribution in [0.3, 0.4) is 0 Å². The molecule has 0 fully saturated rings. The fourth-order valence-corrected chi connectivity index (χ4v) is 1.31. The Hall–Kier alpha value is -2.55. The minimum Gasteiger partial charge on any atom is -0.332 e. The molecule has 6 nitrogen and oxygen atoms in total. The molecule has 1 aromatic rings. The average molecular weight is 275 g/mol. The molecule has 1 rings (SSSR count). The van der Waals surface area contributed by atoms with Crippen LogP contribution in [-0.4, -0.2) is 25.1 Å². The van der Waals surface area contributed by atoms with Gasteiger partial charge in [0, 0.05) is 12.6 Å². The number of rotatable bonds is 3. The smallest absolute Gasteiger partial charge is 0.263 e. The normalized spacial score (nSPS) is 11.2. The molecule has 6 heteroatoms.